The van der Waals surface area contributed by atoms with Crippen LogP contribution in [-0.4, -0.2) is 31.2 Å². The summed E-state index contributed by atoms with van der Waals surface area (Å²) in [4.78, 5) is 15.3. The van der Waals surface area contributed by atoms with Crippen molar-refractivity contribution in [1.82, 2.24) is 0 Å². The van der Waals surface area contributed by atoms with Gasteiger partial charge in [-0.15, -0.1) is 0 Å². The second-order valence-corrected chi connectivity index (χ2v) is 5.08. The van der Waals surface area contributed by atoms with Crippen molar-refractivity contribution in [1.29, 1.82) is 0 Å². The van der Waals surface area contributed by atoms with Crippen molar-refractivity contribution in [3.63, 3.8) is 0 Å². The second-order valence-electron chi connectivity index (χ2n) is 4.68. The van der Waals surface area contributed by atoms with Gasteiger partial charge in [0, 0.05) is 17.8 Å². The van der Waals surface area contributed by atoms with Gasteiger partial charge in [0.2, 0.25) is 6.79 Å². The molecular weight excluding hydrogens is 322 g/mol. The van der Waals surface area contributed by atoms with Crippen molar-refractivity contribution >= 4 is 29.5 Å². The van der Waals surface area contributed by atoms with Crippen LogP contribution in [0.4, 0.5) is 5.69 Å². The number of aromatic carboxylic acids is 1. The van der Waals surface area contributed by atoms with E-state index in [1.54, 1.807) is 12.1 Å². The summed E-state index contributed by atoms with van der Waals surface area (Å²) in [5, 5.41) is 9.38. The molecule has 0 aromatic heterocycles. The zero-order valence-corrected chi connectivity index (χ0v) is 12.8. The number of fused-ring (bicyclic) bond motifs is 1. The number of hydrogen-bond acceptors (Lipinski definition) is 5. The zero-order chi connectivity index (χ0) is 16.4. The van der Waals surface area contributed by atoms with Crippen LogP contribution in [0.3, 0.4) is 0 Å². The van der Waals surface area contributed by atoms with Gasteiger partial charge in [-0.2, -0.15) is 0 Å². The fraction of sp³-hybridized carbons (Fsp3) is 0.125. The molecule has 7 heteroatoms. The van der Waals surface area contributed by atoms with Crippen molar-refractivity contribution in [2.24, 2.45) is 4.99 Å². The fourth-order valence-electron chi connectivity index (χ4n) is 2.10. The molecule has 0 saturated heterocycles. The number of hydrogen-bond donors (Lipinski definition) is 1. The summed E-state index contributed by atoms with van der Waals surface area (Å²) >= 11 is 6.05. The number of benzene rings is 2. The molecule has 23 heavy (non-hydrogen) atoms. The highest BCUT2D eigenvalue weighted by molar-refractivity contribution is 6.33. The molecule has 0 aliphatic carbocycles. The summed E-state index contributed by atoms with van der Waals surface area (Å²) in [7, 11) is 1.53. The maximum absolute atomic E-state index is 11.0. The third kappa shape index (κ3) is 3.07. The first-order chi connectivity index (χ1) is 11.1. The number of nitrogens with zero attached hydrogens (tertiary/aromatic N) is 1. The number of methoxy groups -OCH3 is 1. The Morgan fingerprint density at radius 3 is 2.74 bits per heavy atom. The normalized spacial score (nSPS) is 12.6. The molecule has 1 aliphatic rings. The van der Waals surface area contributed by atoms with E-state index < -0.39 is 5.97 Å². The van der Waals surface area contributed by atoms with Crippen LogP contribution in [0, 0.1) is 0 Å². The Bertz CT molecular complexity index is 803. The van der Waals surface area contributed by atoms with E-state index in [1.807, 2.05) is 0 Å². The number of rotatable bonds is 4. The highest BCUT2D eigenvalue weighted by Crippen LogP contribution is 2.37. The topological polar surface area (TPSA) is 77.4 Å². The monoisotopic (exact) mass is 333 g/mol. The van der Waals surface area contributed by atoms with E-state index in [4.69, 9.17) is 30.9 Å². The molecule has 0 atom stereocenters. The molecule has 1 aliphatic heterocycles. The van der Waals surface area contributed by atoms with Crippen LogP contribution in [0.15, 0.2) is 35.3 Å². The van der Waals surface area contributed by atoms with Crippen molar-refractivity contribution in [3.8, 4) is 17.2 Å². The molecule has 1 N–H and O–H groups in total. The highest BCUT2D eigenvalue weighted by atomic mass is 35.5. The third-order valence-electron chi connectivity index (χ3n) is 3.26. The summed E-state index contributed by atoms with van der Waals surface area (Å²) in [6.45, 7) is 0.158. The molecule has 3 rings (SSSR count). The van der Waals surface area contributed by atoms with E-state index >= 15 is 0 Å². The summed E-state index contributed by atoms with van der Waals surface area (Å²) in [6, 6.07) is 7.76. The summed E-state index contributed by atoms with van der Waals surface area (Å²) in [5.74, 6) is 0.713. The predicted molar refractivity (Wildman–Crippen MR) is 84.8 cm³/mol. The van der Waals surface area contributed by atoms with Gasteiger partial charge in [-0.05, 0) is 24.3 Å². The van der Waals surface area contributed by atoms with E-state index in [1.165, 1.54) is 31.5 Å². The van der Waals surface area contributed by atoms with Crippen LogP contribution in [0.25, 0.3) is 0 Å². The van der Waals surface area contributed by atoms with E-state index in [0.29, 0.717) is 33.5 Å². The molecule has 0 amide bonds. The lowest BCUT2D eigenvalue weighted by Gasteiger charge is -2.06. The maximum atomic E-state index is 11.0. The Balaban J connectivity index is 1.97. The van der Waals surface area contributed by atoms with Crippen molar-refractivity contribution in [3.05, 3.63) is 46.5 Å². The first-order valence-electron chi connectivity index (χ1n) is 6.63. The van der Waals surface area contributed by atoms with Crippen LogP contribution in [0.5, 0.6) is 17.2 Å². The van der Waals surface area contributed by atoms with Crippen LogP contribution in [0.1, 0.15) is 15.9 Å². The molecule has 2 aromatic rings. The number of halogens is 1. The standard InChI is InChI=1S/C16H12ClNO5/c1-21-13-6-15-14(22-8-23-15)5-10(13)7-18-12-4-9(16(19)20)2-3-11(12)17/h2-7H,8H2,1H3,(H,19,20). The fourth-order valence-corrected chi connectivity index (χ4v) is 2.27. The average Bonchev–Trinajstić information content (AvgIpc) is 3.00. The van der Waals surface area contributed by atoms with E-state index in [2.05, 4.69) is 4.99 Å². The number of carboxylic acid groups (broad SMARTS) is 1. The Kier molecular flexibility index (Phi) is 4.08. The van der Waals surface area contributed by atoms with E-state index in [9.17, 15) is 4.79 Å². The molecule has 0 bridgehead atoms. The first kappa shape index (κ1) is 15.2. The molecule has 118 valence electrons. The van der Waals surface area contributed by atoms with Crippen molar-refractivity contribution < 1.29 is 24.1 Å². The van der Waals surface area contributed by atoms with Gasteiger partial charge in [-0.3, -0.25) is 4.99 Å². The Labute approximate surface area is 136 Å². The minimum Gasteiger partial charge on any atom is -0.496 e. The number of aliphatic imine (C=N–C) groups is 1. The highest BCUT2D eigenvalue weighted by Gasteiger charge is 2.17. The van der Waals surface area contributed by atoms with E-state index in [-0.39, 0.29) is 12.4 Å². The molecule has 1 heterocycles. The number of carbonyl (C=O) groups is 1. The van der Waals surface area contributed by atoms with Gasteiger partial charge in [-0.25, -0.2) is 4.79 Å². The molecule has 0 unspecified atom stereocenters. The van der Waals surface area contributed by atoms with Gasteiger partial charge in [0.1, 0.15) is 5.75 Å². The van der Waals surface area contributed by atoms with Crippen LogP contribution in [0.2, 0.25) is 5.02 Å². The van der Waals surface area contributed by atoms with Gasteiger partial charge in [0.25, 0.3) is 0 Å². The van der Waals surface area contributed by atoms with Crippen LogP contribution in [-0.2, 0) is 0 Å². The summed E-state index contributed by atoms with van der Waals surface area (Å²) in [6.07, 6.45) is 1.54. The molecule has 0 spiro atoms. The van der Waals surface area contributed by atoms with Gasteiger partial charge in [-0.1, -0.05) is 11.6 Å². The van der Waals surface area contributed by atoms with Crippen molar-refractivity contribution in [2.75, 3.05) is 13.9 Å². The number of ether oxygens (including phenoxy) is 3. The lowest BCUT2D eigenvalue weighted by atomic mass is 10.2. The van der Waals surface area contributed by atoms with Gasteiger partial charge in [0.15, 0.2) is 11.5 Å². The van der Waals surface area contributed by atoms with E-state index in [0.717, 1.165) is 0 Å². The third-order valence-corrected chi connectivity index (χ3v) is 3.58. The van der Waals surface area contributed by atoms with Gasteiger partial charge in [0.05, 0.1) is 23.4 Å². The molecule has 0 radical (unpaired) electrons. The van der Waals surface area contributed by atoms with Gasteiger partial charge < -0.3 is 19.3 Å². The SMILES string of the molecule is COc1cc2c(cc1C=Nc1cc(C(=O)O)ccc1Cl)OCO2. The molecule has 2 aromatic carbocycles. The van der Waals surface area contributed by atoms with Crippen LogP contribution >= 0.6 is 11.6 Å². The largest absolute Gasteiger partial charge is 0.496 e. The smallest absolute Gasteiger partial charge is 0.335 e. The Hall–Kier alpha value is -2.73. The molecule has 6 nitrogen and oxygen atoms in total. The zero-order valence-electron chi connectivity index (χ0n) is 12.1. The first-order valence-corrected chi connectivity index (χ1v) is 7.01. The summed E-state index contributed by atoms with van der Waals surface area (Å²) in [5.41, 5.74) is 1.12. The average molecular weight is 334 g/mol. The minimum atomic E-state index is -1.04. The second kappa shape index (κ2) is 6.18. The lowest BCUT2D eigenvalue weighted by molar-refractivity contribution is 0.0697. The molecule has 0 fully saturated rings. The van der Waals surface area contributed by atoms with Gasteiger partial charge >= 0.3 is 5.97 Å². The molecule has 0 saturated carbocycles. The van der Waals surface area contributed by atoms with Crippen LogP contribution < -0.4 is 14.2 Å². The number of carboxylic acids is 1. The maximum Gasteiger partial charge on any atom is 0.335 e. The Morgan fingerprint density at radius 2 is 2.04 bits per heavy atom. The Morgan fingerprint density at radius 1 is 1.30 bits per heavy atom. The minimum absolute atomic E-state index is 0.110. The quantitative estimate of drug-likeness (QED) is 0.866. The van der Waals surface area contributed by atoms with Crippen molar-refractivity contribution in [2.45, 2.75) is 0 Å². The summed E-state index contributed by atoms with van der Waals surface area (Å²) < 4.78 is 15.9. The predicted octanol–water partition coefficient (Wildman–Crippen LogP) is 3.53. The lowest BCUT2D eigenvalue weighted by Crippen LogP contribution is -1.95. The molecular formula is C16H12ClNO5.